The summed E-state index contributed by atoms with van der Waals surface area (Å²) in [5.41, 5.74) is 2.17. The molecule has 2 aromatic rings. The number of benzene rings is 2. The molecule has 0 aromatic heterocycles. The third-order valence-electron chi connectivity index (χ3n) is 4.55. The number of hydrogen-bond donors (Lipinski definition) is 2. The fourth-order valence-corrected chi connectivity index (χ4v) is 3.07. The zero-order valence-electron chi connectivity index (χ0n) is 14.5. The van der Waals surface area contributed by atoms with Crippen LogP contribution in [0.25, 0.3) is 0 Å². The molecule has 3 rings (SSSR count). The van der Waals surface area contributed by atoms with Crippen LogP contribution in [0.15, 0.2) is 54.6 Å². The highest BCUT2D eigenvalue weighted by molar-refractivity contribution is 5.92. The van der Waals surface area contributed by atoms with Crippen molar-refractivity contribution in [2.24, 2.45) is 5.92 Å². The van der Waals surface area contributed by atoms with Crippen molar-refractivity contribution in [3.05, 3.63) is 60.2 Å². The molecule has 0 atom stereocenters. The van der Waals surface area contributed by atoms with E-state index < -0.39 is 0 Å². The molecule has 1 saturated heterocycles. The summed E-state index contributed by atoms with van der Waals surface area (Å²) < 4.78 is 5.78. The summed E-state index contributed by atoms with van der Waals surface area (Å²) in [4.78, 5) is 12.2. The first-order valence-corrected chi connectivity index (χ1v) is 9.09. The lowest BCUT2D eigenvalue weighted by Gasteiger charge is -2.21. The summed E-state index contributed by atoms with van der Waals surface area (Å²) in [7, 11) is 0. The Hall–Kier alpha value is -2.33. The Morgan fingerprint density at radius 2 is 1.76 bits per heavy atom. The average Bonchev–Trinajstić information content (AvgIpc) is 2.68. The van der Waals surface area contributed by atoms with E-state index in [2.05, 4.69) is 34.9 Å². The van der Waals surface area contributed by atoms with E-state index in [1.807, 2.05) is 30.3 Å². The van der Waals surface area contributed by atoms with E-state index >= 15 is 0 Å². The molecule has 0 unspecified atom stereocenters. The zero-order chi connectivity index (χ0) is 17.3. The largest absolute Gasteiger partial charge is 0.494 e. The smallest absolute Gasteiger partial charge is 0.227 e. The summed E-state index contributed by atoms with van der Waals surface area (Å²) in [6.45, 7) is 2.54. The zero-order valence-corrected chi connectivity index (χ0v) is 14.5. The maximum absolute atomic E-state index is 12.2. The molecule has 1 heterocycles. The van der Waals surface area contributed by atoms with E-state index in [1.54, 1.807) is 0 Å². The molecule has 1 aliphatic heterocycles. The summed E-state index contributed by atoms with van der Waals surface area (Å²) >= 11 is 0. The third kappa shape index (κ3) is 5.61. The Kier molecular flexibility index (Phi) is 6.46. The molecular weight excluding hydrogens is 312 g/mol. The van der Waals surface area contributed by atoms with Crippen molar-refractivity contribution in [3.63, 3.8) is 0 Å². The number of aryl methyl sites for hydroxylation is 1. The molecule has 132 valence electrons. The van der Waals surface area contributed by atoms with Crippen LogP contribution in [0, 0.1) is 5.92 Å². The van der Waals surface area contributed by atoms with Crippen LogP contribution in [0.5, 0.6) is 5.75 Å². The van der Waals surface area contributed by atoms with Gasteiger partial charge in [0, 0.05) is 11.6 Å². The number of piperidine rings is 1. The first-order valence-electron chi connectivity index (χ1n) is 9.09. The quantitative estimate of drug-likeness (QED) is 0.758. The second-order valence-corrected chi connectivity index (χ2v) is 6.48. The Bertz CT molecular complexity index is 649. The second kappa shape index (κ2) is 9.23. The van der Waals surface area contributed by atoms with E-state index in [0.717, 1.165) is 50.2 Å². The molecule has 0 spiro atoms. The van der Waals surface area contributed by atoms with Crippen molar-refractivity contribution < 1.29 is 9.53 Å². The Morgan fingerprint density at radius 3 is 2.48 bits per heavy atom. The number of rotatable bonds is 7. The van der Waals surface area contributed by atoms with Gasteiger partial charge in [0.15, 0.2) is 0 Å². The van der Waals surface area contributed by atoms with Crippen LogP contribution in [0.4, 0.5) is 5.69 Å². The SMILES string of the molecule is O=C(Nc1ccc(OCCCc2ccccc2)cc1)C1CCNCC1. The fourth-order valence-electron chi connectivity index (χ4n) is 3.07. The van der Waals surface area contributed by atoms with E-state index in [-0.39, 0.29) is 11.8 Å². The minimum atomic E-state index is 0.121. The summed E-state index contributed by atoms with van der Waals surface area (Å²) in [6, 6.07) is 18.1. The molecule has 0 radical (unpaired) electrons. The minimum absolute atomic E-state index is 0.121. The van der Waals surface area contributed by atoms with Crippen LogP contribution in [0.1, 0.15) is 24.8 Å². The van der Waals surface area contributed by atoms with Crippen LogP contribution in [0.2, 0.25) is 0 Å². The normalized spacial score (nSPS) is 14.9. The molecule has 2 aromatic carbocycles. The summed E-state index contributed by atoms with van der Waals surface area (Å²) in [5, 5.41) is 6.28. The minimum Gasteiger partial charge on any atom is -0.494 e. The predicted octanol–water partition coefficient (Wildman–Crippen LogP) is 3.64. The maximum Gasteiger partial charge on any atom is 0.227 e. The van der Waals surface area contributed by atoms with Gasteiger partial charge in [0.1, 0.15) is 5.75 Å². The van der Waals surface area contributed by atoms with Gasteiger partial charge in [-0.05, 0) is 68.6 Å². The highest BCUT2D eigenvalue weighted by Crippen LogP contribution is 2.19. The van der Waals surface area contributed by atoms with Crippen molar-refractivity contribution in [2.75, 3.05) is 25.0 Å². The molecule has 1 fully saturated rings. The maximum atomic E-state index is 12.2. The van der Waals surface area contributed by atoms with E-state index in [0.29, 0.717) is 6.61 Å². The van der Waals surface area contributed by atoms with E-state index in [4.69, 9.17) is 4.74 Å². The number of nitrogens with one attached hydrogen (secondary N) is 2. The Balaban J connectivity index is 1.40. The summed E-state index contributed by atoms with van der Waals surface area (Å²) in [5.74, 6) is 1.08. The number of anilines is 1. The number of hydrogen-bond acceptors (Lipinski definition) is 3. The predicted molar refractivity (Wildman–Crippen MR) is 101 cm³/mol. The lowest BCUT2D eigenvalue weighted by molar-refractivity contribution is -0.120. The molecule has 2 N–H and O–H groups in total. The third-order valence-corrected chi connectivity index (χ3v) is 4.55. The van der Waals surface area contributed by atoms with Gasteiger partial charge in [0.2, 0.25) is 5.91 Å². The number of carbonyl (C=O) groups excluding carboxylic acids is 1. The molecule has 1 aliphatic rings. The highest BCUT2D eigenvalue weighted by Gasteiger charge is 2.20. The van der Waals surface area contributed by atoms with Gasteiger partial charge < -0.3 is 15.4 Å². The van der Waals surface area contributed by atoms with Gasteiger partial charge in [-0.3, -0.25) is 4.79 Å². The standard InChI is InChI=1S/C21H26N2O2/c24-21(18-12-14-22-15-13-18)23-19-8-10-20(11-9-19)25-16-4-7-17-5-2-1-3-6-17/h1-3,5-6,8-11,18,22H,4,7,12-16H2,(H,23,24). The van der Waals surface area contributed by atoms with Gasteiger partial charge in [-0.2, -0.15) is 0 Å². The summed E-state index contributed by atoms with van der Waals surface area (Å²) in [6.07, 6.45) is 3.83. The molecular formula is C21H26N2O2. The van der Waals surface area contributed by atoms with E-state index in [1.165, 1.54) is 5.56 Å². The van der Waals surface area contributed by atoms with Gasteiger partial charge in [0.25, 0.3) is 0 Å². The average molecular weight is 338 g/mol. The van der Waals surface area contributed by atoms with Crippen molar-refractivity contribution in [3.8, 4) is 5.75 Å². The first-order chi connectivity index (χ1) is 12.3. The fraction of sp³-hybridized carbons (Fsp3) is 0.381. The molecule has 1 amide bonds. The van der Waals surface area contributed by atoms with Crippen molar-refractivity contribution in [1.29, 1.82) is 0 Å². The van der Waals surface area contributed by atoms with Gasteiger partial charge in [-0.15, -0.1) is 0 Å². The van der Waals surface area contributed by atoms with Gasteiger partial charge in [0.05, 0.1) is 6.61 Å². The Morgan fingerprint density at radius 1 is 1.04 bits per heavy atom. The van der Waals surface area contributed by atoms with E-state index in [9.17, 15) is 4.79 Å². The van der Waals surface area contributed by atoms with Crippen LogP contribution < -0.4 is 15.4 Å². The number of amides is 1. The monoisotopic (exact) mass is 338 g/mol. The first kappa shape index (κ1) is 17.5. The highest BCUT2D eigenvalue weighted by atomic mass is 16.5. The van der Waals surface area contributed by atoms with Crippen LogP contribution in [0.3, 0.4) is 0 Å². The van der Waals surface area contributed by atoms with Crippen LogP contribution in [-0.4, -0.2) is 25.6 Å². The van der Waals surface area contributed by atoms with Gasteiger partial charge >= 0.3 is 0 Å². The topological polar surface area (TPSA) is 50.4 Å². The van der Waals surface area contributed by atoms with Gasteiger partial charge in [-0.25, -0.2) is 0 Å². The van der Waals surface area contributed by atoms with Crippen molar-refractivity contribution >= 4 is 11.6 Å². The van der Waals surface area contributed by atoms with Crippen LogP contribution >= 0.6 is 0 Å². The Labute approximate surface area is 149 Å². The van der Waals surface area contributed by atoms with Crippen LogP contribution in [-0.2, 0) is 11.2 Å². The molecule has 4 nitrogen and oxygen atoms in total. The lowest BCUT2D eigenvalue weighted by atomic mass is 9.97. The molecule has 0 aliphatic carbocycles. The molecule has 25 heavy (non-hydrogen) atoms. The number of ether oxygens (including phenoxy) is 1. The molecule has 0 saturated carbocycles. The second-order valence-electron chi connectivity index (χ2n) is 6.48. The van der Waals surface area contributed by atoms with Gasteiger partial charge in [-0.1, -0.05) is 30.3 Å². The number of carbonyl (C=O) groups is 1. The van der Waals surface area contributed by atoms with Crippen molar-refractivity contribution in [2.45, 2.75) is 25.7 Å². The molecule has 0 bridgehead atoms. The van der Waals surface area contributed by atoms with Crippen molar-refractivity contribution in [1.82, 2.24) is 5.32 Å². The molecule has 4 heteroatoms. The lowest BCUT2D eigenvalue weighted by Crippen LogP contribution is -2.34.